The molecule has 2 nitrogen and oxygen atoms in total. The first-order chi connectivity index (χ1) is 7.59. The van der Waals surface area contributed by atoms with Crippen molar-refractivity contribution in [3.8, 4) is 0 Å². The zero-order valence-electron chi connectivity index (χ0n) is 10.9. The lowest BCUT2D eigenvalue weighted by atomic mass is 10.0. The summed E-state index contributed by atoms with van der Waals surface area (Å²) >= 11 is 1.67. The molecule has 16 heavy (non-hydrogen) atoms. The van der Waals surface area contributed by atoms with Crippen LogP contribution in [0.25, 0.3) is 0 Å². The highest BCUT2D eigenvalue weighted by atomic mass is 32.1. The monoisotopic (exact) mass is 240 g/mol. The topological polar surface area (TPSA) is 24.9 Å². The summed E-state index contributed by atoms with van der Waals surface area (Å²) < 4.78 is 0. The summed E-state index contributed by atoms with van der Waals surface area (Å²) in [4.78, 5) is 4.33. The van der Waals surface area contributed by atoms with Crippen molar-refractivity contribution in [3.63, 3.8) is 0 Å². The Morgan fingerprint density at radius 1 is 1.25 bits per heavy atom. The van der Waals surface area contributed by atoms with E-state index in [0.717, 1.165) is 5.92 Å². The van der Waals surface area contributed by atoms with Crippen molar-refractivity contribution >= 4 is 11.3 Å². The van der Waals surface area contributed by atoms with Gasteiger partial charge in [-0.05, 0) is 26.2 Å². The Labute approximate surface area is 103 Å². The third-order valence-corrected chi connectivity index (χ3v) is 3.45. The molecule has 1 aromatic heterocycles. The zero-order valence-corrected chi connectivity index (χ0v) is 11.7. The van der Waals surface area contributed by atoms with E-state index in [2.05, 4.69) is 43.4 Å². The van der Waals surface area contributed by atoms with Gasteiger partial charge in [-0.3, -0.25) is 0 Å². The molecule has 0 spiro atoms. The van der Waals surface area contributed by atoms with Crippen LogP contribution in [0.15, 0.2) is 10.9 Å². The fourth-order valence-electron chi connectivity index (χ4n) is 1.86. The number of thiazole rings is 1. The van der Waals surface area contributed by atoms with E-state index in [0.29, 0.717) is 12.1 Å². The van der Waals surface area contributed by atoms with Gasteiger partial charge in [0, 0.05) is 17.5 Å². The average molecular weight is 240 g/mol. The summed E-state index contributed by atoms with van der Waals surface area (Å²) in [6, 6.07) is 0.954. The standard InChI is InChI=1S/C13H24N2S/c1-10(2)6-5-7-11(3)15-12(4)13-8-16-9-14-13/h8-12,15H,5-7H2,1-4H3. The summed E-state index contributed by atoms with van der Waals surface area (Å²) in [6.07, 6.45) is 3.90. The Balaban J connectivity index is 2.21. The normalized spacial score (nSPS) is 15.3. The molecule has 0 radical (unpaired) electrons. The van der Waals surface area contributed by atoms with Crippen molar-refractivity contribution in [2.24, 2.45) is 5.92 Å². The molecule has 1 N–H and O–H groups in total. The lowest BCUT2D eigenvalue weighted by molar-refractivity contribution is 0.420. The molecule has 0 aliphatic heterocycles. The molecule has 0 saturated heterocycles. The number of rotatable bonds is 7. The summed E-state index contributed by atoms with van der Waals surface area (Å²) in [5, 5.41) is 5.72. The van der Waals surface area contributed by atoms with Crippen molar-refractivity contribution in [1.29, 1.82) is 0 Å². The lowest BCUT2D eigenvalue weighted by Gasteiger charge is -2.19. The SMILES string of the molecule is CC(C)CCCC(C)NC(C)c1cscn1. The largest absolute Gasteiger partial charge is 0.306 e. The second-order valence-corrected chi connectivity index (χ2v) is 5.75. The first-order valence-corrected chi connectivity index (χ1v) is 7.18. The van der Waals surface area contributed by atoms with E-state index >= 15 is 0 Å². The summed E-state index contributed by atoms with van der Waals surface area (Å²) in [5.74, 6) is 0.822. The van der Waals surface area contributed by atoms with Crippen LogP contribution in [0, 0.1) is 5.92 Å². The quantitative estimate of drug-likeness (QED) is 0.779. The van der Waals surface area contributed by atoms with Crippen LogP contribution in [-0.4, -0.2) is 11.0 Å². The van der Waals surface area contributed by atoms with E-state index in [1.165, 1.54) is 25.0 Å². The molecule has 0 aliphatic carbocycles. The molecule has 0 aromatic carbocycles. The van der Waals surface area contributed by atoms with Gasteiger partial charge in [0.25, 0.3) is 0 Å². The maximum Gasteiger partial charge on any atom is 0.0795 e. The van der Waals surface area contributed by atoms with Crippen LogP contribution in [0.1, 0.15) is 58.7 Å². The van der Waals surface area contributed by atoms with Crippen molar-refractivity contribution in [3.05, 3.63) is 16.6 Å². The predicted octanol–water partition coefficient (Wildman–Crippen LogP) is 4.01. The highest BCUT2D eigenvalue weighted by Gasteiger charge is 2.10. The fraction of sp³-hybridized carbons (Fsp3) is 0.769. The van der Waals surface area contributed by atoms with E-state index in [-0.39, 0.29) is 0 Å². The molecule has 2 atom stereocenters. The third kappa shape index (κ3) is 5.08. The van der Waals surface area contributed by atoms with Gasteiger partial charge in [-0.15, -0.1) is 11.3 Å². The highest BCUT2D eigenvalue weighted by molar-refractivity contribution is 7.07. The van der Waals surface area contributed by atoms with Gasteiger partial charge in [0.1, 0.15) is 0 Å². The Kier molecular flexibility index (Phi) is 5.99. The lowest BCUT2D eigenvalue weighted by Crippen LogP contribution is -2.29. The smallest absolute Gasteiger partial charge is 0.0795 e. The third-order valence-electron chi connectivity index (χ3n) is 2.85. The van der Waals surface area contributed by atoms with Crippen molar-refractivity contribution in [2.75, 3.05) is 0 Å². The predicted molar refractivity (Wildman–Crippen MR) is 71.8 cm³/mol. The number of nitrogens with one attached hydrogen (secondary N) is 1. The molecular formula is C13H24N2S. The van der Waals surface area contributed by atoms with E-state index in [9.17, 15) is 0 Å². The molecular weight excluding hydrogens is 216 g/mol. The first-order valence-electron chi connectivity index (χ1n) is 6.23. The van der Waals surface area contributed by atoms with Gasteiger partial charge in [-0.2, -0.15) is 0 Å². The molecule has 3 heteroatoms. The Hall–Kier alpha value is -0.410. The minimum atomic E-state index is 0.375. The zero-order chi connectivity index (χ0) is 12.0. The van der Waals surface area contributed by atoms with Crippen molar-refractivity contribution in [2.45, 2.75) is 59.0 Å². The Bertz CT molecular complexity index is 269. The van der Waals surface area contributed by atoms with E-state index in [1.807, 2.05) is 5.51 Å². The van der Waals surface area contributed by atoms with E-state index in [1.54, 1.807) is 11.3 Å². The van der Waals surface area contributed by atoms with Gasteiger partial charge in [0.15, 0.2) is 0 Å². The second kappa shape index (κ2) is 7.02. The number of hydrogen-bond acceptors (Lipinski definition) is 3. The molecule has 92 valence electrons. The van der Waals surface area contributed by atoms with Crippen molar-refractivity contribution in [1.82, 2.24) is 10.3 Å². The van der Waals surface area contributed by atoms with Crippen LogP contribution < -0.4 is 5.32 Å². The molecule has 1 aromatic rings. The molecule has 0 saturated carbocycles. The molecule has 0 fully saturated rings. The first kappa shape index (κ1) is 13.7. The van der Waals surface area contributed by atoms with Crippen LogP contribution in [0.2, 0.25) is 0 Å². The van der Waals surface area contributed by atoms with E-state index < -0.39 is 0 Å². The summed E-state index contributed by atoms with van der Waals surface area (Å²) in [7, 11) is 0. The minimum Gasteiger partial charge on any atom is -0.306 e. The van der Waals surface area contributed by atoms with E-state index in [4.69, 9.17) is 0 Å². The summed E-state index contributed by atoms with van der Waals surface area (Å²) in [6.45, 7) is 9.03. The molecule has 1 rings (SSSR count). The maximum absolute atomic E-state index is 4.33. The molecule has 0 bridgehead atoms. The van der Waals surface area contributed by atoms with Crippen LogP contribution >= 0.6 is 11.3 Å². The minimum absolute atomic E-state index is 0.375. The summed E-state index contributed by atoms with van der Waals surface area (Å²) in [5.41, 5.74) is 3.07. The van der Waals surface area contributed by atoms with Gasteiger partial charge in [-0.1, -0.05) is 26.7 Å². The van der Waals surface area contributed by atoms with Crippen LogP contribution in [0.4, 0.5) is 0 Å². The Morgan fingerprint density at radius 2 is 2.00 bits per heavy atom. The van der Waals surface area contributed by atoms with Gasteiger partial charge < -0.3 is 5.32 Å². The molecule has 0 amide bonds. The number of aromatic nitrogens is 1. The number of hydrogen-bond donors (Lipinski definition) is 1. The molecule has 1 heterocycles. The van der Waals surface area contributed by atoms with Crippen molar-refractivity contribution < 1.29 is 0 Å². The van der Waals surface area contributed by atoms with Gasteiger partial charge in [0.05, 0.1) is 11.2 Å². The Morgan fingerprint density at radius 3 is 2.56 bits per heavy atom. The maximum atomic E-state index is 4.33. The van der Waals surface area contributed by atoms with Crippen LogP contribution in [0.3, 0.4) is 0 Å². The molecule has 2 unspecified atom stereocenters. The average Bonchev–Trinajstić information content (AvgIpc) is 2.69. The highest BCUT2D eigenvalue weighted by Crippen LogP contribution is 2.15. The second-order valence-electron chi connectivity index (χ2n) is 5.03. The van der Waals surface area contributed by atoms with Crippen LogP contribution in [0.5, 0.6) is 0 Å². The van der Waals surface area contributed by atoms with Gasteiger partial charge >= 0.3 is 0 Å². The van der Waals surface area contributed by atoms with Gasteiger partial charge in [0.2, 0.25) is 0 Å². The van der Waals surface area contributed by atoms with Gasteiger partial charge in [-0.25, -0.2) is 4.98 Å². The van der Waals surface area contributed by atoms with Crippen LogP contribution in [-0.2, 0) is 0 Å². The number of nitrogens with zero attached hydrogens (tertiary/aromatic N) is 1. The fourth-order valence-corrected chi connectivity index (χ4v) is 2.51. The molecule has 0 aliphatic rings.